The van der Waals surface area contributed by atoms with Crippen molar-refractivity contribution in [1.29, 1.82) is 0 Å². The van der Waals surface area contributed by atoms with Crippen molar-refractivity contribution in [3.05, 3.63) is 0 Å². The van der Waals surface area contributed by atoms with Gasteiger partial charge in [-0.2, -0.15) is 11.8 Å². The average Bonchev–Trinajstić information content (AvgIpc) is 1.86. The Kier molecular flexibility index (Phi) is 2.47. The predicted octanol–water partition coefficient (Wildman–Crippen LogP) is 1.36. The Bertz CT molecular complexity index is 162. The molecule has 1 saturated heterocycles. The Balaban J connectivity index is 2.62. The van der Waals surface area contributed by atoms with Crippen LogP contribution in [0.1, 0.15) is 20.8 Å². The second-order valence-corrected chi connectivity index (χ2v) is 4.87. The highest BCUT2D eigenvalue weighted by Crippen LogP contribution is 2.19. The summed E-state index contributed by atoms with van der Waals surface area (Å²) in [6.45, 7) is 7.16. The minimum atomic E-state index is 0.0120. The smallest absolute Gasteiger partial charge is 0.233 e. The summed E-state index contributed by atoms with van der Waals surface area (Å²) in [6, 6.07) is 0. The molecule has 1 aliphatic rings. The Morgan fingerprint density at radius 1 is 1.45 bits per heavy atom. The van der Waals surface area contributed by atoms with Crippen LogP contribution in [0, 0.1) is 0 Å². The second kappa shape index (κ2) is 3.05. The molecule has 0 aromatic heterocycles. The lowest BCUT2D eigenvalue weighted by molar-refractivity contribution is -0.133. The lowest BCUT2D eigenvalue weighted by Crippen LogP contribution is -2.49. The van der Waals surface area contributed by atoms with Gasteiger partial charge in [-0.25, -0.2) is 0 Å². The van der Waals surface area contributed by atoms with Gasteiger partial charge in [0.25, 0.3) is 0 Å². The Labute approximate surface area is 72.3 Å². The first-order valence-corrected chi connectivity index (χ1v) is 5.05. The highest BCUT2D eigenvalue weighted by molar-refractivity contribution is 8.00. The molecule has 0 radical (unpaired) electrons. The van der Waals surface area contributed by atoms with Crippen LogP contribution in [-0.4, -0.2) is 34.4 Å². The van der Waals surface area contributed by atoms with E-state index in [4.69, 9.17) is 0 Å². The van der Waals surface area contributed by atoms with Crippen molar-refractivity contribution < 1.29 is 4.79 Å². The second-order valence-electron chi connectivity index (χ2n) is 3.77. The van der Waals surface area contributed by atoms with Crippen molar-refractivity contribution in [2.45, 2.75) is 26.3 Å². The fraction of sp³-hybridized carbons (Fsp3) is 0.875. The molecule has 1 heterocycles. The molecule has 3 heteroatoms. The summed E-state index contributed by atoms with van der Waals surface area (Å²) >= 11 is 1.73. The van der Waals surface area contributed by atoms with E-state index in [1.165, 1.54) is 0 Å². The van der Waals surface area contributed by atoms with Gasteiger partial charge >= 0.3 is 0 Å². The van der Waals surface area contributed by atoms with Crippen LogP contribution in [0.5, 0.6) is 0 Å². The van der Waals surface area contributed by atoms with E-state index in [2.05, 4.69) is 20.8 Å². The molecule has 0 unspecified atom stereocenters. The van der Waals surface area contributed by atoms with Gasteiger partial charge < -0.3 is 4.90 Å². The standard InChI is InChI=1S/C8H15NOS/c1-8(2,3)9-4-5-11-6-7(9)10/h4-6H2,1-3H3. The average molecular weight is 173 g/mol. The van der Waals surface area contributed by atoms with Crippen molar-refractivity contribution in [3.63, 3.8) is 0 Å². The minimum absolute atomic E-state index is 0.0120. The molecule has 0 bridgehead atoms. The normalized spacial score (nSPS) is 20.6. The summed E-state index contributed by atoms with van der Waals surface area (Å²) in [5.41, 5.74) is 0.0120. The lowest BCUT2D eigenvalue weighted by Gasteiger charge is -2.38. The maximum absolute atomic E-state index is 11.3. The van der Waals surface area contributed by atoms with E-state index in [-0.39, 0.29) is 11.4 Å². The molecule has 0 atom stereocenters. The van der Waals surface area contributed by atoms with Crippen LogP contribution in [0.15, 0.2) is 0 Å². The van der Waals surface area contributed by atoms with Gasteiger partial charge in [-0.15, -0.1) is 0 Å². The molecule has 0 N–H and O–H groups in total. The summed E-state index contributed by atoms with van der Waals surface area (Å²) in [6.07, 6.45) is 0. The first kappa shape index (κ1) is 8.91. The van der Waals surface area contributed by atoms with Gasteiger partial charge in [0, 0.05) is 17.8 Å². The third-order valence-corrected chi connectivity index (χ3v) is 2.72. The molecule has 0 aliphatic carbocycles. The Morgan fingerprint density at radius 3 is 2.45 bits per heavy atom. The number of rotatable bonds is 0. The molecule has 0 aromatic rings. The maximum atomic E-state index is 11.3. The SMILES string of the molecule is CC(C)(C)N1CCSCC1=O. The summed E-state index contributed by atoms with van der Waals surface area (Å²) in [4.78, 5) is 13.3. The lowest BCUT2D eigenvalue weighted by atomic mass is 10.1. The number of carbonyl (C=O) groups is 1. The molecular formula is C8H15NOS. The van der Waals surface area contributed by atoms with Crippen molar-refractivity contribution in [3.8, 4) is 0 Å². The zero-order valence-corrected chi connectivity index (χ0v) is 8.20. The molecule has 1 fully saturated rings. The zero-order valence-electron chi connectivity index (χ0n) is 7.39. The summed E-state index contributed by atoms with van der Waals surface area (Å²) < 4.78 is 0. The van der Waals surface area contributed by atoms with E-state index in [1.54, 1.807) is 11.8 Å². The summed E-state index contributed by atoms with van der Waals surface area (Å²) in [5.74, 6) is 2.04. The molecule has 64 valence electrons. The highest BCUT2D eigenvalue weighted by atomic mass is 32.2. The largest absolute Gasteiger partial charge is 0.336 e. The van der Waals surface area contributed by atoms with Gasteiger partial charge in [0.2, 0.25) is 5.91 Å². The van der Waals surface area contributed by atoms with E-state index < -0.39 is 0 Å². The Hall–Kier alpha value is -0.180. The first-order valence-electron chi connectivity index (χ1n) is 3.90. The molecule has 0 spiro atoms. The van der Waals surface area contributed by atoms with Crippen molar-refractivity contribution in [1.82, 2.24) is 4.90 Å². The first-order chi connectivity index (χ1) is 5.02. The van der Waals surface area contributed by atoms with Crippen LogP contribution in [0.25, 0.3) is 0 Å². The van der Waals surface area contributed by atoms with Crippen molar-refractivity contribution in [2.24, 2.45) is 0 Å². The molecule has 1 aliphatic heterocycles. The number of carbonyl (C=O) groups excluding carboxylic acids is 1. The Morgan fingerprint density at radius 2 is 2.09 bits per heavy atom. The van der Waals surface area contributed by atoms with Crippen LogP contribution in [0.2, 0.25) is 0 Å². The zero-order chi connectivity index (χ0) is 8.48. The van der Waals surface area contributed by atoms with Crippen molar-refractivity contribution >= 4 is 17.7 Å². The maximum Gasteiger partial charge on any atom is 0.233 e. The predicted molar refractivity (Wildman–Crippen MR) is 48.8 cm³/mol. The van der Waals surface area contributed by atoms with Gasteiger partial charge in [-0.05, 0) is 20.8 Å². The van der Waals surface area contributed by atoms with Gasteiger partial charge in [-0.3, -0.25) is 4.79 Å². The van der Waals surface area contributed by atoms with Crippen LogP contribution in [-0.2, 0) is 4.79 Å². The van der Waals surface area contributed by atoms with Gasteiger partial charge in [0.1, 0.15) is 0 Å². The summed E-state index contributed by atoms with van der Waals surface area (Å²) in [7, 11) is 0. The van der Waals surface area contributed by atoms with E-state index in [0.29, 0.717) is 5.75 Å². The molecule has 0 saturated carbocycles. The van der Waals surface area contributed by atoms with E-state index in [0.717, 1.165) is 12.3 Å². The fourth-order valence-electron chi connectivity index (χ4n) is 1.23. The molecule has 11 heavy (non-hydrogen) atoms. The number of hydrogen-bond acceptors (Lipinski definition) is 2. The van der Waals surface area contributed by atoms with Crippen LogP contribution < -0.4 is 0 Å². The van der Waals surface area contributed by atoms with Crippen LogP contribution in [0.4, 0.5) is 0 Å². The molecule has 1 rings (SSSR count). The number of amides is 1. The molecule has 1 amide bonds. The van der Waals surface area contributed by atoms with E-state index >= 15 is 0 Å². The molecule has 2 nitrogen and oxygen atoms in total. The molecule has 0 aromatic carbocycles. The van der Waals surface area contributed by atoms with Crippen molar-refractivity contribution in [2.75, 3.05) is 18.1 Å². The summed E-state index contributed by atoms with van der Waals surface area (Å²) in [5, 5.41) is 0. The number of hydrogen-bond donors (Lipinski definition) is 0. The van der Waals surface area contributed by atoms with Crippen LogP contribution in [0.3, 0.4) is 0 Å². The highest BCUT2D eigenvalue weighted by Gasteiger charge is 2.28. The fourth-order valence-corrected chi connectivity index (χ4v) is 2.01. The third-order valence-electron chi connectivity index (χ3n) is 1.80. The van der Waals surface area contributed by atoms with E-state index in [9.17, 15) is 4.79 Å². The van der Waals surface area contributed by atoms with Crippen LogP contribution >= 0.6 is 11.8 Å². The van der Waals surface area contributed by atoms with E-state index in [1.807, 2.05) is 4.90 Å². The topological polar surface area (TPSA) is 20.3 Å². The third kappa shape index (κ3) is 2.12. The molecular weight excluding hydrogens is 158 g/mol. The quantitative estimate of drug-likeness (QED) is 0.551. The minimum Gasteiger partial charge on any atom is -0.336 e. The number of thioether (sulfide) groups is 1. The van der Waals surface area contributed by atoms with Gasteiger partial charge in [0.15, 0.2) is 0 Å². The van der Waals surface area contributed by atoms with Gasteiger partial charge in [-0.1, -0.05) is 0 Å². The monoisotopic (exact) mass is 173 g/mol. The van der Waals surface area contributed by atoms with Gasteiger partial charge in [0.05, 0.1) is 5.75 Å². The number of nitrogens with zero attached hydrogens (tertiary/aromatic N) is 1.